The van der Waals surface area contributed by atoms with Gasteiger partial charge >= 0.3 is 0 Å². The lowest BCUT2D eigenvalue weighted by Gasteiger charge is -2.48. The molecule has 3 nitrogen and oxygen atoms in total. The van der Waals surface area contributed by atoms with Crippen LogP contribution in [0.15, 0.2) is 0 Å². The Kier molecular flexibility index (Phi) is 6.42. The molecule has 4 heteroatoms. The van der Waals surface area contributed by atoms with Crippen LogP contribution in [0.25, 0.3) is 0 Å². The van der Waals surface area contributed by atoms with E-state index < -0.39 is 0 Å². The lowest BCUT2D eigenvalue weighted by molar-refractivity contribution is -0.124. The second-order valence-electron chi connectivity index (χ2n) is 7.14. The van der Waals surface area contributed by atoms with E-state index >= 15 is 0 Å². The van der Waals surface area contributed by atoms with Crippen LogP contribution in [0.1, 0.15) is 52.9 Å². The molecule has 0 aliphatic carbocycles. The molecule has 21 heavy (non-hydrogen) atoms. The Labute approximate surface area is 134 Å². The van der Waals surface area contributed by atoms with Gasteiger partial charge in [-0.2, -0.15) is 11.8 Å². The van der Waals surface area contributed by atoms with Crippen LogP contribution in [-0.4, -0.2) is 49.0 Å². The Balaban J connectivity index is 2.07. The van der Waals surface area contributed by atoms with Crippen molar-refractivity contribution >= 4 is 11.8 Å². The maximum atomic E-state index is 6.26. The third kappa shape index (κ3) is 4.37. The molecule has 0 amide bonds. The fourth-order valence-corrected chi connectivity index (χ4v) is 5.09. The number of ether oxygens (including phenoxy) is 2. The molecular formula is C17H33NO2S. The quantitative estimate of drug-likeness (QED) is 0.813. The first kappa shape index (κ1) is 17.6. The molecule has 2 rings (SSSR count). The lowest BCUT2D eigenvalue weighted by atomic mass is 9.74. The van der Waals surface area contributed by atoms with Gasteiger partial charge in [-0.1, -0.05) is 6.92 Å². The van der Waals surface area contributed by atoms with Gasteiger partial charge in [-0.05, 0) is 69.9 Å². The molecule has 0 aromatic rings. The van der Waals surface area contributed by atoms with Crippen LogP contribution in [0, 0.1) is 5.92 Å². The van der Waals surface area contributed by atoms with E-state index in [0.717, 1.165) is 19.6 Å². The highest BCUT2D eigenvalue weighted by Gasteiger charge is 2.44. The Bertz CT molecular complexity index is 310. The smallest absolute Gasteiger partial charge is 0.0777 e. The van der Waals surface area contributed by atoms with E-state index in [-0.39, 0.29) is 11.2 Å². The molecule has 2 unspecified atom stereocenters. The van der Waals surface area contributed by atoms with Gasteiger partial charge < -0.3 is 14.8 Å². The van der Waals surface area contributed by atoms with E-state index in [0.29, 0.717) is 12.0 Å². The number of hydrogen-bond acceptors (Lipinski definition) is 4. The summed E-state index contributed by atoms with van der Waals surface area (Å²) in [7, 11) is 1.84. The lowest BCUT2D eigenvalue weighted by Crippen LogP contribution is -2.56. The zero-order chi connectivity index (χ0) is 15.3. The van der Waals surface area contributed by atoms with E-state index in [4.69, 9.17) is 9.47 Å². The van der Waals surface area contributed by atoms with Crippen LogP contribution in [-0.2, 0) is 9.47 Å². The maximum absolute atomic E-state index is 6.26. The largest absolute Gasteiger partial charge is 0.377 e. The van der Waals surface area contributed by atoms with Crippen LogP contribution in [0.3, 0.4) is 0 Å². The number of hydrogen-bond donors (Lipinski definition) is 1. The summed E-state index contributed by atoms with van der Waals surface area (Å²) < 4.78 is 12.1. The first-order chi connectivity index (χ1) is 10.0. The third-order valence-corrected chi connectivity index (χ3v) is 6.28. The van der Waals surface area contributed by atoms with Gasteiger partial charge in [0.25, 0.3) is 0 Å². The Hall–Kier alpha value is 0.230. The Morgan fingerprint density at radius 1 is 1.38 bits per heavy atom. The predicted octanol–water partition coefficient (Wildman–Crippen LogP) is 3.47. The molecule has 2 fully saturated rings. The zero-order valence-corrected chi connectivity index (χ0v) is 15.1. The topological polar surface area (TPSA) is 30.5 Å². The van der Waals surface area contributed by atoms with Gasteiger partial charge in [-0.3, -0.25) is 0 Å². The van der Waals surface area contributed by atoms with Crippen molar-refractivity contribution in [3.05, 3.63) is 0 Å². The van der Waals surface area contributed by atoms with Crippen molar-refractivity contribution in [2.45, 2.75) is 70.1 Å². The number of methoxy groups -OCH3 is 1. The third-order valence-electron chi connectivity index (χ3n) is 5.30. The average Bonchev–Trinajstić information content (AvgIpc) is 2.48. The maximum Gasteiger partial charge on any atom is 0.0777 e. The average molecular weight is 316 g/mol. The van der Waals surface area contributed by atoms with Crippen molar-refractivity contribution in [1.29, 1.82) is 0 Å². The molecular weight excluding hydrogens is 282 g/mol. The fraction of sp³-hybridized carbons (Fsp3) is 1.00. The normalized spacial score (nSPS) is 27.7. The highest BCUT2D eigenvalue weighted by Crippen LogP contribution is 2.42. The number of rotatable bonds is 6. The first-order valence-corrected chi connectivity index (χ1v) is 9.69. The van der Waals surface area contributed by atoms with Crippen LogP contribution in [0.2, 0.25) is 0 Å². The molecule has 124 valence electrons. The Morgan fingerprint density at radius 3 is 2.71 bits per heavy atom. The molecule has 0 saturated carbocycles. The van der Waals surface area contributed by atoms with E-state index in [1.165, 1.54) is 37.2 Å². The van der Waals surface area contributed by atoms with E-state index in [1.54, 1.807) is 0 Å². The number of thioether (sulfide) groups is 1. The van der Waals surface area contributed by atoms with Crippen molar-refractivity contribution in [3.63, 3.8) is 0 Å². The molecule has 2 saturated heterocycles. The highest BCUT2D eigenvalue weighted by atomic mass is 32.2. The molecule has 2 aliphatic heterocycles. The van der Waals surface area contributed by atoms with Gasteiger partial charge in [-0.15, -0.1) is 0 Å². The van der Waals surface area contributed by atoms with Gasteiger partial charge in [0.05, 0.1) is 11.2 Å². The monoisotopic (exact) mass is 315 g/mol. The van der Waals surface area contributed by atoms with Crippen molar-refractivity contribution in [2.75, 3.05) is 31.8 Å². The predicted molar refractivity (Wildman–Crippen MR) is 91.1 cm³/mol. The molecule has 1 N–H and O–H groups in total. The second-order valence-corrected chi connectivity index (χ2v) is 8.36. The summed E-state index contributed by atoms with van der Waals surface area (Å²) in [4.78, 5) is 0. The van der Waals surface area contributed by atoms with Crippen LogP contribution in [0.5, 0.6) is 0 Å². The van der Waals surface area contributed by atoms with Gasteiger partial charge in [0.15, 0.2) is 0 Å². The van der Waals surface area contributed by atoms with Gasteiger partial charge in [0.2, 0.25) is 0 Å². The molecule has 0 radical (unpaired) electrons. The van der Waals surface area contributed by atoms with Gasteiger partial charge in [0.1, 0.15) is 0 Å². The van der Waals surface area contributed by atoms with Crippen molar-refractivity contribution in [1.82, 2.24) is 5.32 Å². The summed E-state index contributed by atoms with van der Waals surface area (Å²) in [5.74, 6) is 3.17. The van der Waals surface area contributed by atoms with E-state index in [2.05, 4.69) is 37.8 Å². The van der Waals surface area contributed by atoms with Crippen LogP contribution in [0.4, 0.5) is 0 Å². The first-order valence-electron chi connectivity index (χ1n) is 8.53. The summed E-state index contributed by atoms with van der Waals surface area (Å²) in [5, 5.41) is 3.77. The molecule has 2 atom stereocenters. The summed E-state index contributed by atoms with van der Waals surface area (Å²) in [5.41, 5.74) is 0.0336. The molecule has 0 aromatic heterocycles. The van der Waals surface area contributed by atoms with Crippen LogP contribution < -0.4 is 5.32 Å². The van der Waals surface area contributed by atoms with Crippen LogP contribution >= 0.6 is 11.8 Å². The summed E-state index contributed by atoms with van der Waals surface area (Å²) >= 11 is 2.08. The molecule has 0 bridgehead atoms. The molecule has 0 aromatic carbocycles. The fourth-order valence-electron chi connectivity index (χ4n) is 3.85. The number of nitrogens with one attached hydrogen (secondary N) is 1. The standard InChI is InChI=1S/C17H33NO2S/c1-5-9-18-15(16(2,3)19-4)14-6-10-20-17(13-14)7-11-21-12-8-17/h14-15,18H,5-13H2,1-4H3. The van der Waals surface area contributed by atoms with Crippen molar-refractivity contribution in [2.24, 2.45) is 5.92 Å². The van der Waals surface area contributed by atoms with Crippen molar-refractivity contribution in [3.8, 4) is 0 Å². The van der Waals surface area contributed by atoms with E-state index in [9.17, 15) is 0 Å². The van der Waals surface area contributed by atoms with E-state index in [1.807, 2.05) is 7.11 Å². The molecule has 1 spiro atoms. The zero-order valence-electron chi connectivity index (χ0n) is 14.2. The summed E-state index contributed by atoms with van der Waals surface area (Å²) in [6, 6.07) is 0.415. The molecule has 2 heterocycles. The van der Waals surface area contributed by atoms with Crippen molar-refractivity contribution < 1.29 is 9.47 Å². The molecule has 2 aliphatic rings. The van der Waals surface area contributed by atoms with Gasteiger partial charge in [0, 0.05) is 19.8 Å². The summed E-state index contributed by atoms with van der Waals surface area (Å²) in [6.45, 7) is 8.66. The Morgan fingerprint density at radius 2 is 2.10 bits per heavy atom. The summed E-state index contributed by atoms with van der Waals surface area (Å²) in [6.07, 6.45) is 5.97. The highest BCUT2D eigenvalue weighted by molar-refractivity contribution is 7.99. The minimum absolute atomic E-state index is 0.123. The SMILES string of the molecule is CCCNC(C1CCOC2(CCSCC2)C1)C(C)(C)OC. The van der Waals surface area contributed by atoms with Gasteiger partial charge in [-0.25, -0.2) is 0 Å². The second kappa shape index (κ2) is 7.67. The minimum Gasteiger partial charge on any atom is -0.377 e. The minimum atomic E-state index is -0.123.